The second-order valence-electron chi connectivity index (χ2n) is 5.81. The van der Waals surface area contributed by atoms with Crippen LogP contribution in [-0.2, 0) is 0 Å². The van der Waals surface area contributed by atoms with Crippen molar-refractivity contribution in [2.75, 3.05) is 19.3 Å². The zero-order valence-corrected chi connectivity index (χ0v) is 13.5. The van der Waals surface area contributed by atoms with Crippen molar-refractivity contribution in [3.05, 3.63) is 0 Å². The maximum absolute atomic E-state index is 9.53. The third-order valence-electron chi connectivity index (χ3n) is 3.55. The van der Waals surface area contributed by atoms with Gasteiger partial charge in [0.25, 0.3) is 0 Å². The molecule has 4 nitrogen and oxygen atoms in total. The Morgan fingerprint density at radius 1 is 1.32 bits per heavy atom. The fourth-order valence-electron chi connectivity index (χ4n) is 2.07. The predicted molar refractivity (Wildman–Crippen MR) is 85.0 cm³/mol. The van der Waals surface area contributed by atoms with Gasteiger partial charge in [-0.2, -0.15) is 11.8 Å². The van der Waals surface area contributed by atoms with Crippen molar-refractivity contribution in [2.24, 2.45) is 4.99 Å². The summed E-state index contributed by atoms with van der Waals surface area (Å²) in [5.41, 5.74) is 0. The molecule has 0 atom stereocenters. The number of hydrogen-bond donors (Lipinski definition) is 3. The van der Waals surface area contributed by atoms with E-state index in [-0.39, 0.29) is 10.9 Å². The van der Waals surface area contributed by atoms with E-state index in [1.807, 2.05) is 11.8 Å². The lowest BCUT2D eigenvalue weighted by atomic mass is 9.93. The Labute approximate surface area is 121 Å². The van der Waals surface area contributed by atoms with Gasteiger partial charge in [-0.3, -0.25) is 4.99 Å². The predicted octanol–water partition coefficient (Wildman–Crippen LogP) is 1.99. The van der Waals surface area contributed by atoms with Crippen molar-refractivity contribution in [3.63, 3.8) is 0 Å². The van der Waals surface area contributed by atoms with Crippen molar-refractivity contribution in [3.8, 4) is 0 Å². The van der Waals surface area contributed by atoms with Crippen molar-refractivity contribution in [1.82, 2.24) is 10.6 Å². The van der Waals surface area contributed by atoms with E-state index in [0.717, 1.165) is 44.7 Å². The molecule has 0 aromatic rings. The van der Waals surface area contributed by atoms with E-state index >= 15 is 0 Å². The van der Waals surface area contributed by atoms with Crippen LogP contribution >= 0.6 is 11.8 Å². The van der Waals surface area contributed by atoms with Gasteiger partial charge in [-0.15, -0.1) is 0 Å². The summed E-state index contributed by atoms with van der Waals surface area (Å²) < 4.78 is 0.172. The summed E-state index contributed by atoms with van der Waals surface area (Å²) in [5.74, 6) is 0.908. The summed E-state index contributed by atoms with van der Waals surface area (Å²) in [7, 11) is 0. The number of thioether (sulfide) groups is 1. The molecule has 0 aromatic carbocycles. The molecule has 1 fully saturated rings. The van der Waals surface area contributed by atoms with Gasteiger partial charge in [0.15, 0.2) is 5.96 Å². The molecule has 1 saturated carbocycles. The highest BCUT2D eigenvalue weighted by atomic mass is 32.2. The molecule has 5 heteroatoms. The molecule has 1 aliphatic carbocycles. The molecule has 19 heavy (non-hydrogen) atoms. The van der Waals surface area contributed by atoms with Crippen LogP contribution in [0.3, 0.4) is 0 Å². The Morgan fingerprint density at radius 3 is 2.47 bits per heavy atom. The molecule has 1 rings (SSSR count). The van der Waals surface area contributed by atoms with Crippen LogP contribution in [0.25, 0.3) is 0 Å². The van der Waals surface area contributed by atoms with Crippen LogP contribution in [-0.4, -0.2) is 47.3 Å². The van der Waals surface area contributed by atoms with E-state index < -0.39 is 0 Å². The summed E-state index contributed by atoms with van der Waals surface area (Å²) >= 11 is 1.84. The van der Waals surface area contributed by atoms with Crippen LogP contribution < -0.4 is 10.6 Å². The van der Waals surface area contributed by atoms with E-state index in [1.165, 1.54) is 0 Å². The van der Waals surface area contributed by atoms with Crippen LogP contribution in [0.2, 0.25) is 0 Å². The van der Waals surface area contributed by atoms with E-state index in [1.54, 1.807) is 0 Å². The Balaban J connectivity index is 2.50. The van der Waals surface area contributed by atoms with Gasteiger partial charge in [0.2, 0.25) is 0 Å². The molecule has 0 amide bonds. The third kappa shape index (κ3) is 6.52. The average Bonchev–Trinajstić information content (AvgIpc) is 2.39. The first-order valence-corrected chi connectivity index (χ1v) is 8.47. The van der Waals surface area contributed by atoms with Crippen molar-refractivity contribution in [2.45, 2.75) is 63.3 Å². The minimum absolute atomic E-state index is 0.104. The number of guanidine groups is 1. The average molecular weight is 287 g/mol. The maximum Gasteiger partial charge on any atom is 0.191 e. The molecule has 0 spiro atoms. The summed E-state index contributed by atoms with van der Waals surface area (Å²) in [5, 5.41) is 16.3. The first kappa shape index (κ1) is 16.6. The summed E-state index contributed by atoms with van der Waals surface area (Å²) in [6.45, 7) is 8.19. The molecule has 3 N–H and O–H groups in total. The number of aliphatic hydroxyl groups excluding tert-OH is 1. The number of aliphatic imine (C=N–C) groups is 1. The fraction of sp³-hybridized carbons (Fsp3) is 0.929. The highest BCUT2D eigenvalue weighted by Gasteiger charge is 2.20. The summed E-state index contributed by atoms with van der Waals surface area (Å²) in [6, 6.07) is 0.443. The molecular formula is C14H29N3OS. The smallest absolute Gasteiger partial charge is 0.191 e. The molecule has 0 heterocycles. The third-order valence-corrected chi connectivity index (χ3v) is 4.79. The minimum atomic E-state index is -0.104. The molecule has 112 valence electrons. The van der Waals surface area contributed by atoms with Crippen LogP contribution in [0, 0.1) is 0 Å². The standard InChI is InChI=1S/C14H29N3OS/c1-5-15-13(16-10-14(2,3)19-4)17-11-6-8-12(18)9-7-11/h11-12,18H,5-10H2,1-4H3,(H2,15,16,17). The number of nitrogens with one attached hydrogen (secondary N) is 2. The minimum Gasteiger partial charge on any atom is -0.393 e. The number of aliphatic hydroxyl groups is 1. The van der Waals surface area contributed by atoms with E-state index in [0.29, 0.717) is 6.04 Å². The molecule has 0 radical (unpaired) electrons. The van der Waals surface area contributed by atoms with Gasteiger partial charge in [-0.05, 0) is 52.7 Å². The zero-order valence-electron chi connectivity index (χ0n) is 12.7. The Bertz CT molecular complexity index is 286. The molecule has 1 aliphatic rings. The lowest BCUT2D eigenvalue weighted by molar-refractivity contribution is 0.120. The quantitative estimate of drug-likeness (QED) is 0.535. The molecule has 0 aliphatic heterocycles. The molecule has 0 unspecified atom stereocenters. The molecule has 0 aromatic heterocycles. The zero-order chi connectivity index (χ0) is 14.3. The fourth-order valence-corrected chi connectivity index (χ4v) is 2.26. The van der Waals surface area contributed by atoms with E-state index in [4.69, 9.17) is 0 Å². The number of nitrogens with zero attached hydrogens (tertiary/aromatic N) is 1. The van der Waals surface area contributed by atoms with Crippen molar-refractivity contribution in [1.29, 1.82) is 0 Å². The topological polar surface area (TPSA) is 56.7 Å². The number of rotatable bonds is 5. The Hall–Kier alpha value is -0.420. The first-order valence-electron chi connectivity index (χ1n) is 7.25. The summed E-state index contributed by atoms with van der Waals surface area (Å²) in [6.07, 6.45) is 5.86. The van der Waals surface area contributed by atoms with Crippen LogP contribution in [0.4, 0.5) is 0 Å². The SMILES string of the molecule is CCNC(=NCC(C)(C)SC)NC1CCC(O)CC1. The second kappa shape index (κ2) is 8.00. The molecule has 0 bridgehead atoms. The van der Waals surface area contributed by atoms with Gasteiger partial charge in [-0.25, -0.2) is 0 Å². The van der Waals surface area contributed by atoms with Crippen LogP contribution in [0.1, 0.15) is 46.5 Å². The molecular weight excluding hydrogens is 258 g/mol. The monoisotopic (exact) mass is 287 g/mol. The largest absolute Gasteiger partial charge is 0.393 e. The van der Waals surface area contributed by atoms with Crippen molar-refractivity contribution >= 4 is 17.7 Å². The van der Waals surface area contributed by atoms with Crippen LogP contribution in [0.15, 0.2) is 4.99 Å². The Morgan fingerprint density at radius 2 is 1.95 bits per heavy atom. The first-order chi connectivity index (χ1) is 8.96. The van der Waals surface area contributed by atoms with Gasteiger partial charge >= 0.3 is 0 Å². The highest BCUT2D eigenvalue weighted by Crippen LogP contribution is 2.21. The lowest BCUT2D eigenvalue weighted by Crippen LogP contribution is -2.45. The van der Waals surface area contributed by atoms with Gasteiger partial charge in [0, 0.05) is 17.3 Å². The second-order valence-corrected chi connectivity index (χ2v) is 7.32. The van der Waals surface area contributed by atoms with Crippen LogP contribution in [0.5, 0.6) is 0 Å². The Kier molecular flexibility index (Phi) is 7.00. The maximum atomic E-state index is 9.53. The van der Waals surface area contributed by atoms with Gasteiger partial charge in [0.1, 0.15) is 0 Å². The van der Waals surface area contributed by atoms with Gasteiger partial charge < -0.3 is 15.7 Å². The lowest BCUT2D eigenvalue weighted by Gasteiger charge is -2.28. The number of hydrogen-bond acceptors (Lipinski definition) is 3. The van der Waals surface area contributed by atoms with E-state index in [9.17, 15) is 5.11 Å². The van der Waals surface area contributed by atoms with Crippen molar-refractivity contribution < 1.29 is 5.11 Å². The van der Waals surface area contributed by atoms with Gasteiger partial charge in [0.05, 0.1) is 12.6 Å². The highest BCUT2D eigenvalue weighted by molar-refractivity contribution is 7.99. The summed E-state index contributed by atoms with van der Waals surface area (Å²) in [4.78, 5) is 4.68. The van der Waals surface area contributed by atoms with E-state index in [2.05, 4.69) is 42.7 Å². The normalized spacial score (nSPS) is 25.2. The molecule has 0 saturated heterocycles. The van der Waals surface area contributed by atoms with Gasteiger partial charge in [-0.1, -0.05) is 0 Å².